The van der Waals surface area contributed by atoms with E-state index in [1.54, 1.807) is 36.8 Å². The summed E-state index contributed by atoms with van der Waals surface area (Å²) in [7, 11) is 0. The number of nitrogens with one attached hydrogen (secondary N) is 1. The van der Waals surface area contributed by atoms with Gasteiger partial charge >= 0.3 is 0 Å². The van der Waals surface area contributed by atoms with Crippen LogP contribution in [-0.2, 0) is 6.54 Å². The topological polar surface area (TPSA) is 88.0 Å². The van der Waals surface area contributed by atoms with Crippen molar-refractivity contribution in [1.82, 2.24) is 20.3 Å². The molecule has 160 valence electrons. The lowest BCUT2D eigenvalue weighted by molar-refractivity contribution is 0.0945. The van der Waals surface area contributed by atoms with Crippen LogP contribution >= 0.6 is 0 Å². The van der Waals surface area contributed by atoms with Crippen LogP contribution in [0.4, 0.5) is 0 Å². The Hall–Kier alpha value is -3.90. The van der Waals surface area contributed by atoms with Crippen LogP contribution in [0, 0.1) is 13.8 Å². The first kappa shape index (κ1) is 21.3. The molecule has 0 bridgehead atoms. The molecule has 0 saturated heterocycles. The van der Waals surface area contributed by atoms with Crippen molar-refractivity contribution in [3.05, 3.63) is 113 Å². The highest BCUT2D eigenvalue weighted by molar-refractivity contribution is 5.98. The Morgan fingerprint density at radius 2 is 1.69 bits per heavy atom. The summed E-state index contributed by atoms with van der Waals surface area (Å²) in [6, 6.07) is 18.8. The second-order valence-corrected chi connectivity index (χ2v) is 7.61. The lowest BCUT2D eigenvalue weighted by atomic mass is 9.89. The van der Waals surface area contributed by atoms with Crippen molar-refractivity contribution in [2.45, 2.75) is 26.5 Å². The Labute approximate surface area is 187 Å². The summed E-state index contributed by atoms with van der Waals surface area (Å²) in [5.41, 5.74) is 5.03. The van der Waals surface area contributed by atoms with Crippen molar-refractivity contribution in [3.8, 4) is 11.1 Å². The monoisotopic (exact) mass is 424 g/mol. The Morgan fingerprint density at radius 3 is 2.38 bits per heavy atom. The lowest BCUT2D eigenvalue weighted by Crippen LogP contribution is -2.25. The number of carbonyl (C=O) groups excluding carboxylic acids is 1. The van der Waals surface area contributed by atoms with Gasteiger partial charge in [0.1, 0.15) is 11.9 Å². The van der Waals surface area contributed by atoms with Gasteiger partial charge in [-0.05, 0) is 43.2 Å². The highest BCUT2D eigenvalue weighted by Gasteiger charge is 2.24. The largest absolute Gasteiger partial charge is 0.382 e. The number of aromatic nitrogens is 3. The number of amides is 1. The minimum Gasteiger partial charge on any atom is -0.382 e. The Morgan fingerprint density at radius 1 is 0.938 bits per heavy atom. The molecule has 1 atom stereocenters. The molecule has 2 aromatic heterocycles. The minimum atomic E-state index is -1.06. The van der Waals surface area contributed by atoms with E-state index in [-0.39, 0.29) is 12.5 Å². The molecule has 1 unspecified atom stereocenters. The Balaban J connectivity index is 1.73. The van der Waals surface area contributed by atoms with Gasteiger partial charge in [-0.2, -0.15) is 0 Å². The van der Waals surface area contributed by atoms with Gasteiger partial charge in [-0.3, -0.25) is 9.78 Å². The van der Waals surface area contributed by atoms with Crippen LogP contribution in [0.5, 0.6) is 0 Å². The third-order valence-corrected chi connectivity index (χ3v) is 5.24. The molecule has 0 fully saturated rings. The number of hydrogen-bond donors (Lipinski definition) is 2. The highest BCUT2D eigenvalue weighted by Crippen LogP contribution is 2.34. The normalized spacial score (nSPS) is 11.7. The van der Waals surface area contributed by atoms with Crippen molar-refractivity contribution in [1.29, 1.82) is 0 Å². The zero-order chi connectivity index (χ0) is 22.5. The van der Waals surface area contributed by atoms with Gasteiger partial charge in [0.2, 0.25) is 0 Å². The van der Waals surface area contributed by atoms with Crippen LogP contribution in [0.3, 0.4) is 0 Å². The number of rotatable bonds is 6. The molecule has 4 aromatic rings. The van der Waals surface area contributed by atoms with Crippen LogP contribution < -0.4 is 5.32 Å². The highest BCUT2D eigenvalue weighted by atomic mass is 16.3. The van der Waals surface area contributed by atoms with Gasteiger partial charge in [0.15, 0.2) is 0 Å². The molecule has 0 aliphatic carbocycles. The molecule has 2 aromatic carbocycles. The fraction of sp³-hybridized carbons (Fsp3) is 0.154. The molecular formula is C26H24N4O2. The Kier molecular flexibility index (Phi) is 6.33. The molecule has 0 aliphatic rings. The summed E-state index contributed by atoms with van der Waals surface area (Å²) in [6.45, 7) is 4.11. The fourth-order valence-electron chi connectivity index (χ4n) is 3.52. The standard InChI is InChI=1S/C26H24N4O2/c1-17-9-11-20(12-10-17)21-6-5-7-22(24(21)25(31)23-8-3-4-13-27-23)26(32)30-16-19-14-28-18(2)29-15-19/h3-15,25,31H,16H2,1-2H3,(H,30,32). The Bertz CT molecular complexity index is 1210. The van der Waals surface area contributed by atoms with E-state index in [9.17, 15) is 9.90 Å². The number of carbonyl (C=O) groups is 1. The molecule has 4 rings (SSSR count). The van der Waals surface area contributed by atoms with Crippen molar-refractivity contribution < 1.29 is 9.90 Å². The van der Waals surface area contributed by atoms with Gasteiger partial charge in [0, 0.05) is 41.8 Å². The zero-order valence-corrected chi connectivity index (χ0v) is 18.0. The molecular weight excluding hydrogens is 400 g/mol. The fourth-order valence-corrected chi connectivity index (χ4v) is 3.52. The van der Waals surface area contributed by atoms with Crippen molar-refractivity contribution in [2.24, 2.45) is 0 Å². The molecule has 2 heterocycles. The molecule has 6 nitrogen and oxygen atoms in total. The van der Waals surface area contributed by atoms with E-state index in [1.165, 1.54) is 0 Å². The van der Waals surface area contributed by atoms with Crippen molar-refractivity contribution in [3.63, 3.8) is 0 Å². The van der Waals surface area contributed by atoms with E-state index < -0.39 is 6.10 Å². The lowest BCUT2D eigenvalue weighted by Gasteiger charge is -2.20. The summed E-state index contributed by atoms with van der Waals surface area (Å²) in [5, 5.41) is 14.2. The molecule has 0 radical (unpaired) electrons. The molecule has 32 heavy (non-hydrogen) atoms. The van der Waals surface area contributed by atoms with Crippen molar-refractivity contribution in [2.75, 3.05) is 0 Å². The van der Waals surface area contributed by atoms with Crippen molar-refractivity contribution >= 4 is 5.91 Å². The smallest absolute Gasteiger partial charge is 0.251 e. The number of hydrogen-bond acceptors (Lipinski definition) is 5. The predicted octanol–water partition coefficient (Wildman–Crippen LogP) is 4.17. The average molecular weight is 425 g/mol. The molecule has 0 aliphatic heterocycles. The molecule has 0 spiro atoms. The van der Waals surface area contributed by atoms with E-state index in [0.717, 1.165) is 22.3 Å². The molecule has 2 N–H and O–H groups in total. The van der Waals surface area contributed by atoms with Crippen LogP contribution in [0.2, 0.25) is 0 Å². The van der Waals surface area contributed by atoms with Crippen LogP contribution in [-0.4, -0.2) is 26.0 Å². The second-order valence-electron chi connectivity index (χ2n) is 7.61. The minimum absolute atomic E-state index is 0.285. The number of nitrogens with zero attached hydrogens (tertiary/aromatic N) is 3. The first-order valence-corrected chi connectivity index (χ1v) is 10.4. The first-order chi connectivity index (χ1) is 15.5. The second kappa shape index (κ2) is 9.49. The maximum absolute atomic E-state index is 13.2. The van der Waals surface area contributed by atoms with E-state index in [0.29, 0.717) is 22.6 Å². The maximum atomic E-state index is 13.2. The number of benzene rings is 2. The summed E-state index contributed by atoms with van der Waals surface area (Å²) >= 11 is 0. The van der Waals surface area contributed by atoms with Gasteiger partial charge in [0.25, 0.3) is 5.91 Å². The summed E-state index contributed by atoms with van der Waals surface area (Å²) in [5.74, 6) is 0.385. The van der Waals surface area contributed by atoms with Gasteiger partial charge in [0.05, 0.1) is 5.69 Å². The summed E-state index contributed by atoms with van der Waals surface area (Å²) in [6.07, 6.45) is 3.95. The van der Waals surface area contributed by atoms with Crippen LogP contribution in [0.25, 0.3) is 11.1 Å². The van der Waals surface area contributed by atoms with Gasteiger partial charge < -0.3 is 10.4 Å². The van der Waals surface area contributed by atoms with E-state index >= 15 is 0 Å². The molecule has 6 heteroatoms. The number of aliphatic hydroxyl groups is 1. The third kappa shape index (κ3) is 4.71. The summed E-state index contributed by atoms with van der Waals surface area (Å²) in [4.78, 5) is 25.8. The zero-order valence-electron chi connectivity index (χ0n) is 18.0. The molecule has 0 saturated carbocycles. The number of aryl methyl sites for hydroxylation is 2. The summed E-state index contributed by atoms with van der Waals surface area (Å²) < 4.78 is 0. The van der Waals surface area contributed by atoms with Gasteiger partial charge in [-0.15, -0.1) is 0 Å². The van der Waals surface area contributed by atoms with E-state index in [2.05, 4.69) is 20.3 Å². The average Bonchev–Trinajstić information content (AvgIpc) is 2.83. The number of pyridine rings is 1. The quantitative estimate of drug-likeness (QED) is 0.485. The van der Waals surface area contributed by atoms with Crippen LogP contribution in [0.15, 0.2) is 79.3 Å². The number of aliphatic hydroxyl groups excluding tert-OH is 1. The SMILES string of the molecule is Cc1ccc(-c2cccc(C(=O)NCc3cnc(C)nc3)c2C(O)c2ccccn2)cc1. The molecule has 1 amide bonds. The van der Waals surface area contributed by atoms with Gasteiger partial charge in [-0.1, -0.05) is 48.0 Å². The van der Waals surface area contributed by atoms with Crippen LogP contribution in [0.1, 0.15) is 44.7 Å². The van der Waals surface area contributed by atoms with E-state index in [4.69, 9.17) is 0 Å². The third-order valence-electron chi connectivity index (χ3n) is 5.24. The predicted molar refractivity (Wildman–Crippen MR) is 123 cm³/mol. The van der Waals surface area contributed by atoms with Gasteiger partial charge in [-0.25, -0.2) is 9.97 Å². The maximum Gasteiger partial charge on any atom is 0.251 e. The van der Waals surface area contributed by atoms with E-state index in [1.807, 2.05) is 56.3 Å². The first-order valence-electron chi connectivity index (χ1n) is 10.4.